The lowest BCUT2D eigenvalue weighted by Gasteiger charge is -2.42. The quantitative estimate of drug-likeness (QED) is 0.356. The average molecular weight is 522 g/mol. The molecule has 0 unspecified atom stereocenters. The van der Waals surface area contributed by atoms with Crippen molar-refractivity contribution in [1.29, 1.82) is 0 Å². The third-order valence-corrected chi connectivity index (χ3v) is 8.51. The number of fused-ring (bicyclic) bond motifs is 3. The highest BCUT2D eigenvalue weighted by atomic mass is 16.5. The molecule has 7 nitrogen and oxygen atoms in total. The molecule has 7 heteroatoms. The summed E-state index contributed by atoms with van der Waals surface area (Å²) in [5.74, 6) is -3.46. The zero-order valence-corrected chi connectivity index (χ0v) is 21.6. The number of para-hydroxylation sites is 1. The number of carbonyl (C=O) groups excluding carboxylic acids is 4. The van der Waals surface area contributed by atoms with E-state index in [1.165, 1.54) is 18.1 Å². The van der Waals surface area contributed by atoms with Gasteiger partial charge in [0.1, 0.15) is 0 Å². The van der Waals surface area contributed by atoms with Gasteiger partial charge in [0, 0.05) is 28.2 Å². The number of anilines is 1. The Morgan fingerprint density at radius 1 is 1.03 bits per heavy atom. The SMILES string of the molecule is C=Cc1ccc(N2C(=O)[C@H]3[C@H](CC=C4[C@H](c5cccc(OC)c5O)C5=C(C[C@H]43)C(=O)C(C)=CC5=O)C2=O)cc1. The molecule has 1 aliphatic heterocycles. The van der Waals surface area contributed by atoms with Crippen LogP contribution in [0.15, 0.2) is 83.5 Å². The van der Waals surface area contributed by atoms with Gasteiger partial charge >= 0.3 is 0 Å². The van der Waals surface area contributed by atoms with Gasteiger partial charge in [-0.25, -0.2) is 0 Å². The molecule has 3 aliphatic carbocycles. The van der Waals surface area contributed by atoms with Gasteiger partial charge in [0.2, 0.25) is 11.8 Å². The Bertz CT molecular complexity index is 1570. The fraction of sp³-hybridized carbons (Fsp3) is 0.250. The molecule has 196 valence electrons. The molecular weight excluding hydrogens is 494 g/mol. The number of carbonyl (C=O) groups is 4. The largest absolute Gasteiger partial charge is 0.504 e. The Morgan fingerprint density at radius 3 is 2.46 bits per heavy atom. The Labute approximate surface area is 225 Å². The summed E-state index contributed by atoms with van der Waals surface area (Å²) >= 11 is 0. The van der Waals surface area contributed by atoms with Crippen LogP contribution in [0.25, 0.3) is 6.08 Å². The van der Waals surface area contributed by atoms with Gasteiger partial charge in [-0.1, -0.05) is 48.6 Å². The lowest BCUT2D eigenvalue weighted by atomic mass is 9.59. The first-order valence-electron chi connectivity index (χ1n) is 12.9. The summed E-state index contributed by atoms with van der Waals surface area (Å²) < 4.78 is 5.33. The highest BCUT2D eigenvalue weighted by molar-refractivity contribution is 6.25. The van der Waals surface area contributed by atoms with Gasteiger partial charge in [-0.15, -0.1) is 0 Å². The number of aromatic hydroxyl groups is 1. The first kappa shape index (κ1) is 24.8. The van der Waals surface area contributed by atoms with Crippen molar-refractivity contribution in [2.45, 2.75) is 25.7 Å². The van der Waals surface area contributed by atoms with Crippen molar-refractivity contribution in [3.8, 4) is 11.5 Å². The van der Waals surface area contributed by atoms with Crippen LogP contribution in [0.3, 0.4) is 0 Å². The summed E-state index contributed by atoms with van der Waals surface area (Å²) in [6.07, 6.45) is 5.47. The summed E-state index contributed by atoms with van der Waals surface area (Å²) in [5, 5.41) is 11.1. The molecule has 2 aromatic rings. The van der Waals surface area contributed by atoms with Crippen LogP contribution >= 0.6 is 0 Å². The second-order valence-corrected chi connectivity index (χ2v) is 10.4. The third kappa shape index (κ3) is 3.56. The van der Waals surface area contributed by atoms with Gasteiger partial charge in [-0.2, -0.15) is 0 Å². The second kappa shape index (κ2) is 9.05. The first-order valence-corrected chi connectivity index (χ1v) is 12.9. The number of phenolic OH excluding ortho intramolecular Hbond substituents is 1. The molecule has 1 N–H and O–H groups in total. The van der Waals surface area contributed by atoms with Crippen molar-refractivity contribution in [3.05, 3.63) is 94.6 Å². The second-order valence-electron chi connectivity index (χ2n) is 10.4. The minimum atomic E-state index is -0.737. The van der Waals surface area contributed by atoms with Crippen molar-refractivity contribution in [3.63, 3.8) is 0 Å². The smallest absolute Gasteiger partial charge is 0.238 e. The van der Waals surface area contributed by atoms with E-state index in [2.05, 4.69) is 6.58 Å². The van der Waals surface area contributed by atoms with Crippen LogP contribution in [0.5, 0.6) is 11.5 Å². The monoisotopic (exact) mass is 521 g/mol. The van der Waals surface area contributed by atoms with E-state index in [0.717, 1.165) is 11.1 Å². The van der Waals surface area contributed by atoms with Crippen molar-refractivity contribution in [2.75, 3.05) is 12.0 Å². The molecule has 1 heterocycles. The Hall–Kier alpha value is -4.52. The predicted octanol–water partition coefficient (Wildman–Crippen LogP) is 4.68. The summed E-state index contributed by atoms with van der Waals surface area (Å²) in [4.78, 5) is 55.5. The van der Waals surface area contributed by atoms with Gasteiger partial charge < -0.3 is 9.84 Å². The number of rotatable bonds is 4. The van der Waals surface area contributed by atoms with Crippen LogP contribution < -0.4 is 9.64 Å². The topological polar surface area (TPSA) is 101 Å². The normalized spacial score (nSPS) is 26.1. The van der Waals surface area contributed by atoms with E-state index in [0.29, 0.717) is 34.4 Å². The van der Waals surface area contributed by atoms with E-state index in [9.17, 15) is 24.3 Å². The van der Waals surface area contributed by atoms with Gasteiger partial charge in [-0.3, -0.25) is 24.1 Å². The maximum absolute atomic E-state index is 13.9. The van der Waals surface area contributed by atoms with Crippen molar-refractivity contribution in [2.24, 2.45) is 17.8 Å². The number of phenols is 1. The molecule has 2 aromatic carbocycles. The summed E-state index contributed by atoms with van der Waals surface area (Å²) in [6.45, 7) is 5.36. The highest BCUT2D eigenvalue weighted by Crippen LogP contribution is 2.57. The van der Waals surface area contributed by atoms with Crippen molar-refractivity contribution >= 4 is 35.1 Å². The summed E-state index contributed by atoms with van der Waals surface area (Å²) in [7, 11) is 1.44. The number of hydrogen-bond acceptors (Lipinski definition) is 6. The fourth-order valence-electron chi connectivity index (χ4n) is 6.69. The minimum Gasteiger partial charge on any atom is -0.504 e. The predicted molar refractivity (Wildman–Crippen MR) is 145 cm³/mol. The molecule has 0 saturated carbocycles. The van der Waals surface area contributed by atoms with E-state index in [1.54, 1.807) is 55.5 Å². The molecule has 2 amide bonds. The molecule has 0 radical (unpaired) electrons. The molecule has 0 bridgehead atoms. The molecule has 1 saturated heterocycles. The molecule has 1 fully saturated rings. The Morgan fingerprint density at radius 2 is 1.77 bits per heavy atom. The van der Waals surface area contributed by atoms with Gasteiger partial charge in [0.25, 0.3) is 0 Å². The standard InChI is InChI=1S/C32H27NO6/c1-4-17-8-10-18(11-9-17)33-31(37)21-13-12-19-22(27(21)32(33)38)15-23-28(24(34)14-16(2)29(23)35)26(19)20-6-5-7-25(39-3)30(20)36/h4-12,14,21-22,26-27,36H,1,13,15H2,2-3H3/t21-,22+,26+,27-/m0/s1. The molecule has 4 atom stereocenters. The first-order chi connectivity index (χ1) is 18.8. The van der Waals surface area contributed by atoms with Gasteiger partial charge in [0.05, 0.1) is 24.6 Å². The lowest BCUT2D eigenvalue weighted by molar-refractivity contribution is -0.123. The number of benzene rings is 2. The molecule has 39 heavy (non-hydrogen) atoms. The van der Waals surface area contributed by atoms with Crippen LogP contribution in [0.4, 0.5) is 5.69 Å². The molecule has 6 rings (SSSR count). The zero-order valence-electron chi connectivity index (χ0n) is 21.6. The van der Waals surface area contributed by atoms with Gasteiger partial charge in [0.15, 0.2) is 23.1 Å². The number of hydrogen-bond donors (Lipinski definition) is 1. The number of Topliss-reactive ketones (excluding diaryl/α,β-unsaturated/α-hetero) is 1. The van der Waals surface area contributed by atoms with Crippen LogP contribution in [0.2, 0.25) is 0 Å². The number of ketones is 2. The van der Waals surface area contributed by atoms with E-state index >= 15 is 0 Å². The number of allylic oxidation sites excluding steroid dienone is 6. The van der Waals surface area contributed by atoms with Crippen LogP contribution in [-0.4, -0.2) is 35.6 Å². The number of ether oxygens (including phenoxy) is 1. The van der Waals surface area contributed by atoms with E-state index in [-0.39, 0.29) is 41.3 Å². The van der Waals surface area contributed by atoms with Crippen molar-refractivity contribution < 1.29 is 29.0 Å². The third-order valence-electron chi connectivity index (χ3n) is 8.51. The summed E-state index contributed by atoms with van der Waals surface area (Å²) in [5.41, 5.74) is 3.58. The maximum Gasteiger partial charge on any atom is 0.238 e. The summed E-state index contributed by atoms with van der Waals surface area (Å²) in [6, 6.07) is 12.1. The zero-order chi connectivity index (χ0) is 27.6. The number of methoxy groups -OCH3 is 1. The van der Waals surface area contributed by atoms with Crippen LogP contribution in [-0.2, 0) is 19.2 Å². The van der Waals surface area contributed by atoms with Gasteiger partial charge in [-0.05, 0) is 55.5 Å². The molecule has 4 aliphatic rings. The van der Waals surface area contributed by atoms with Crippen LogP contribution in [0.1, 0.15) is 36.8 Å². The van der Waals surface area contributed by atoms with E-state index in [1.807, 2.05) is 6.08 Å². The minimum absolute atomic E-state index is 0.121. The lowest BCUT2D eigenvalue weighted by Crippen LogP contribution is -2.39. The highest BCUT2D eigenvalue weighted by Gasteiger charge is 2.56. The van der Waals surface area contributed by atoms with Crippen molar-refractivity contribution in [1.82, 2.24) is 0 Å². The molecule has 0 spiro atoms. The maximum atomic E-state index is 13.9. The van der Waals surface area contributed by atoms with E-state index < -0.39 is 23.7 Å². The number of amides is 2. The number of nitrogens with zero attached hydrogens (tertiary/aromatic N) is 1. The number of imide groups is 1. The average Bonchev–Trinajstić information content (AvgIpc) is 3.20. The van der Waals surface area contributed by atoms with Crippen LogP contribution in [0, 0.1) is 17.8 Å². The van der Waals surface area contributed by atoms with E-state index in [4.69, 9.17) is 4.74 Å². The Balaban J connectivity index is 1.49. The molecular formula is C32H27NO6. The Kier molecular flexibility index (Phi) is 5.75. The molecule has 0 aromatic heterocycles. The fourth-order valence-corrected chi connectivity index (χ4v) is 6.69.